The van der Waals surface area contributed by atoms with Gasteiger partial charge in [0, 0.05) is 23.5 Å². The van der Waals surface area contributed by atoms with Gasteiger partial charge in [-0.15, -0.1) is 0 Å². The van der Waals surface area contributed by atoms with Gasteiger partial charge < -0.3 is 9.47 Å². The molecule has 2 heterocycles. The molecule has 0 unspecified atom stereocenters. The Morgan fingerprint density at radius 3 is 2.74 bits per heavy atom. The zero-order chi connectivity index (χ0) is 13.1. The summed E-state index contributed by atoms with van der Waals surface area (Å²) in [5.41, 5.74) is 2.98. The van der Waals surface area contributed by atoms with Crippen molar-refractivity contribution >= 4 is 0 Å². The van der Waals surface area contributed by atoms with E-state index in [0.717, 1.165) is 28.2 Å². The molecular formula is C16H13NO2. The van der Waals surface area contributed by atoms with Crippen molar-refractivity contribution in [3.8, 4) is 23.3 Å². The number of hydrogen-bond donors (Lipinski definition) is 0. The predicted molar refractivity (Wildman–Crippen MR) is 72.4 cm³/mol. The third kappa shape index (κ3) is 2.53. The summed E-state index contributed by atoms with van der Waals surface area (Å²) in [6, 6.07) is 7.67. The number of nitrogens with zero attached hydrogens (tertiary/aromatic N) is 1. The van der Waals surface area contributed by atoms with Gasteiger partial charge in [-0.2, -0.15) is 0 Å². The van der Waals surface area contributed by atoms with E-state index in [0.29, 0.717) is 13.2 Å². The number of aryl methyl sites for hydroxylation is 1. The molecule has 0 fully saturated rings. The molecule has 3 nitrogen and oxygen atoms in total. The van der Waals surface area contributed by atoms with Gasteiger partial charge in [-0.1, -0.05) is 11.8 Å². The molecule has 0 spiro atoms. The highest BCUT2D eigenvalue weighted by atomic mass is 16.6. The standard InChI is InChI=1S/C16H13NO2/c1-12-11-17-7-6-14(12)4-2-13-3-5-15-16(10-13)19-9-8-18-15/h3,5-7,10-11H,8-9H2,1H3. The fraction of sp³-hybridized carbons (Fsp3) is 0.188. The summed E-state index contributed by atoms with van der Waals surface area (Å²) in [6.45, 7) is 3.20. The van der Waals surface area contributed by atoms with Gasteiger partial charge in [0.2, 0.25) is 0 Å². The average molecular weight is 251 g/mol. The summed E-state index contributed by atoms with van der Waals surface area (Å²) >= 11 is 0. The van der Waals surface area contributed by atoms with Crippen LogP contribution in [0, 0.1) is 18.8 Å². The minimum Gasteiger partial charge on any atom is -0.486 e. The van der Waals surface area contributed by atoms with Gasteiger partial charge in [-0.05, 0) is 36.8 Å². The first-order valence-electron chi connectivity index (χ1n) is 6.15. The van der Waals surface area contributed by atoms with E-state index in [1.165, 1.54) is 0 Å². The molecule has 0 atom stereocenters. The first kappa shape index (κ1) is 11.6. The van der Waals surface area contributed by atoms with Gasteiger partial charge in [0.25, 0.3) is 0 Å². The molecule has 0 aliphatic carbocycles. The van der Waals surface area contributed by atoms with Crippen molar-refractivity contribution in [3.63, 3.8) is 0 Å². The molecule has 1 aliphatic heterocycles. The van der Waals surface area contributed by atoms with Gasteiger partial charge in [-0.3, -0.25) is 4.98 Å². The molecule has 1 aromatic heterocycles. The number of aromatic nitrogens is 1. The van der Waals surface area contributed by atoms with Crippen LogP contribution in [0.5, 0.6) is 11.5 Å². The maximum absolute atomic E-state index is 5.54. The quantitative estimate of drug-likeness (QED) is 0.674. The first-order chi connectivity index (χ1) is 9.33. The fourth-order valence-electron chi connectivity index (χ4n) is 1.87. The molecule has 0 amide bonds. The lowest BCUT2D eigenvalue weighted by atomic mass is 10.1. The van der Waals surface area contributed by atoms with Crippen LogP contribution >= 0.6 is 0 Å². The topological polar surface area (TPSA) is 31.4 Å². The summed E-state index contributed by atoms with van der Waals surface area (Å²) in [6.07, 6.45) is 3.56. The van der Waals surface area contributed by atoms with Gasteiger partial charge in [0.15, 0.2) is 11.5 Å². The van der Waals surface area contributed by atoms with Crippen LogP contribution in [0.3, 0.4) is 0 Å². The molecule has 3 rings (SSSR count). The molecule has 3 heteroatoms. The van der Waals surface area contributed by atoms with Crippen molar-refractivity contribution in [1.29, 1.82) is 0 Å². The highest BCUT2D eigenvalue weighted by molar-refractivity contribution is 5.51. The van der Waals surface area contributed by atoms with E-state index >= 15 is 0 Å². The smallest absolute Gasteiger partial charge is 0.162 e. The number of hydrogen-bond acceptors (Lipinski definition) is 3. The monoisotopic (exact) mass is 251 g/mol. The van der Waals surface area contributed by atoms with Crippen molar-refractivity contribution in [1.82, 2.24) is 4.98 Å². The van der Waals surface area contributed by atoms with Gasteiger partial charge in [0.1, 0.15) is 13.2 Å². The molecular weight excluding hydrogens is 238 g/mol. The highest BCUT2D eigenvalue weighted by Gasteiger charge is 2.10. The van der Waals surface area contributed by atoms with Crippen molar-refractivity contribution in [2.75, 3.05) is 13.2 Å². The van der Waals surface area contributed by atoms with Crippen molar-refractivity contribution in [2.45, 2.75) is 6.92 Å². The van der Waals surface area contributed by atoms with Gasteiger partial charge in [0.05, 0.1) is 0 Å². The number of benzene rings is 1. The van der Waals surface area contributed by atoms with Crippen LogP contribution in [0.2, 0.25) is 0 Å². The van der Waals surface area contributed by atoms with Crippen LogP contribution in [-0.2, 0) is 0 Å². The van der Waals surface area contributed by atoms with E-state index in [1.807, 2.05) is 37.4 Å². The Hall–Kier alpha value is -2.47. The van der Waals surface area contributed by atoms with Gasteiger partial charge in [-0.25, -0.2) is 0 Å². The molecule has 0 saturated heterocycles. The molecule has 1 aliphatic rings. The number of ether oxygens (including phenoxy) is 2. The molecule has 2 aromatic rings. The number of rotatable bonds is 0. The first-order valence-corrected chi connectivity index (χ1v) is 6.15. The van der Waals surface area contributed by atoms with Crippen LogP contribution in [0.4, 0.5) is 0 Å². The Balaban J connectivity index is 1.90. The normalized spacial score (nSPS) is 12.5. The maximum Gasteiger partial charge on any atom is 0.162 e. The lowest BCUT2D eigenvalue weighted by Crippen LogP contribution is -2.15. The van der Waals surface area contributed by atoms with E-state index in [2.05, 4.69) is 16.8 Å². The number of pyridine rings is 1. The minimum atomic E-state index is 0.591. The third-order valence-electron chi connectivity index (χ3n) is 2.90. The van der Waals surface area contributed by atoms with E-state index in [-0.39, 0.29) is 0 Å². The Kier molecular flexibility index (Phi) is 3.07. The van der Waals surface area contributed by atoms with Crippen LogP contribution in [0.1, 0.15) is 16.7 Å². The second-order valence-corrected chi connectivity index (χ2v) is 4.30. The Morgan fingerprint density at radius 2 is 1.89 bits per heavy atom. The fourth-order valence-corrected chi connectivity index (χ4v) is 1.87. The second-order valence-electron chi connectivity index (χ2n) is 4.30. The Labute approximate surface area is 112 Å². The van der Waals surface area contributed by atoms with Gasteiger partial charge >= 0.3 is 0 Å². The molecule has 0 saturated carbocycles. The van der Waals surface area contributed by atoms with E-state index in [9.17, 15) is 0 Å². The molecule has 0 bridgehead atoms. The summed E-state index contributed by atoms with van der Waals surface area (Å²) in [4.78, 5) is 4.05. The summed E-state index contributed by atoms with van der Waals surface area (Å²) < 4.78 is 11.0. The molecule has 19 heavy (non-hydrogen) atoms. The van der Waals surface area contributed by atoms with Crippen molar-refractivity contribution in [2.24, 2.45) is 0 Å². The van der Waals surface area contributed by atoms with Crippen molar-refractivity contribution in [3.05, 3.63) is 53.3 Å². The molecule has 0 radical (unpaired) electrons. The Bertz CT molecular complexity index is 668. The highest BCUT2D eigenvalue weighted by Crippen LogP contribution is 2.30. The van der Waals surface area contributed by atoms with E-state index in [4.69, 9.17) is 9.47 Å². The van der Waals surface area contributed by atoms with Crippen LogP contribution < -0.4 is 9.47 Å². The average Bonchev–Trinajstić information content (AvgIpc) is 2.46. The van der Waals surface area contributed by atoms with Crippen LogP contribution in [-0.4, -0.2) is 18.2 Å². The summed E-state index contributed by atoms with van der Waals surface area (Å²) in [7, 11) is 0. The largest absolute Gasteiger partial charge is 0.486 e. The zero-order valence-corrected chi connectivity index (χ0v) is 10.6. The molecule has 1 aromatic carbocycles. The van der Waals surface area contributed by atoms with E-state index in [1.54, 1.807) is 6.20 Å². The lowest BCUT2D eigenvalue weighted by Gasteiger charge is -2.17. The summed E-state index contributed by atoms with van der Waals surface area (Å²) in [5.74, 6) is 7.85. The molecule has 0 N–H and O–H groups in total. The SMILES string of the molecule is Cc1cnccc1C#Cc1ccc2c(c1)OCCO2. The van der Waals surface area contributed by atoms with Crippen LogP contribution in [0.15, 0.2) is 36.7 Å². The summed E-state index contributed by atoms with van der Waals surface area (Å²) in [5, 5.41) is 0. The second kappa shape index (κ2) is 5.03. The maximum atomic E-state index is 5.54. The zero-order valence-electron chi connectivity index (χ0n) is 10.6. The minimum absolute atomic E-state index is 0.591. The predicted octanol–water partition coefficient (Wildman–Crippen LogP) is 2.56. The van der Waals surface area contributed by atoms with Crippen molar-refractivity contribution < 1.29 is 9.47 Å². The third-order valence-corrected chi connectivity index (χ3v) is 2.90. The Morgan fingerprint density at radius 1 is 1.05 bits per heavy atom. The van der Waals surface area contributed by atoms with E-state index < -0.39 is 0 Å². The van der Waals surface area contributed by atoms with Crippen LogP contribution in [0.25, 0.3) is 0 Å². The number of fused-ring (bicyclic) bond motifs is 1. The molecule has 94 valence electrons. The lowest BCUT2D eigenvalue weighted by molar-refractivity contribution is 0.171.